The molecule has 0 fully saturated rings. The maximum atomic E-state index is 6.15. The summed E-state index contributed by atoms with van der Waals surface area (Å²) in [5.41, 5.74) is 3.97. The second kappa shape index (κ2) is 7.88. The number of hydrogen-bond donors (Lipinski definition) is 1. The van der Waals surface area contributed by atoms with Crippen molar-refractivity contribution in [2.75, 3.05) is 0 Å². The molecule has 21 heavy (non-hydrogen) atoms. The fraction of sp³-hybridized carbons (Fsp3) is 0.333. The summed E-state index contributed by atoms with van der Waals surface area (Å²) in [7, 11) is 0. The Balaban J connectivity index is 2.08. The molecule has 0 aliphatic rings. The van der Waals surface area contributed by atoms with E-state index in [9.17, 15) is 0 Å². The van der Waals surface area contributed by atoms with Crippen LogP contribution in [0.25, 0.3) is 0 Å². The van der Waals surface area contributed by atoms with Crippen molar-refractivity contribution >= 4 is 23.4 Å². The van der Waals surface area contributed by atoms with Gasteiger partial charge in [-0.1, -0.05) is 61.3 Å². The zero-order valence-corrected chi connectivity index (χ0v) is 14.4. The molecular formula is C18H22ClNS. The van der Waals surface area contributed by atoms with E-state index >= 15 is 0 Å². The molecule has 0 aliphatic carbocycles. The summed E-state index contributed by atoms with van der Waals surface area (Å²) in [6, 6.07) is 15.3. The van der Waals surface area contributed by atoms with Gasteiger partial charge in [-0.15, -0.1) is 11.8 Å². The van der Waals surface area contributed by atoms with E-state index in [1.54, 1.807) is 0 Å². The van der Waals surface area contributed by atoms with Crippen molar-refractivity contribution in [3.05, 3.63) is 64.2 Å². The number of benzene rings is 2. The molecule has 0 radical (unpaired) electrons. The molecule has 1 N–H and O–H groups in total. The summed E-state index contributed by atoms with van der Waals surface area (Å²) >= 11 is 8.00. The first-order valence-electron chi connectivity index (χ1n) is 7.25. The Morgan fingerprint density at radius 2 is 1.95 bits per heavy atom. The van der Waals surface area contributed by atoms with E-state index in [0.29, 0.717) is 6.04 Å². The summed E-state index contributed by atoms with van der Waals surface area (Å²) in [4.78, 5) is 1.26. The highest BCUT2D eigenvalue weighted by molar-refractivity contribution is 7.98. The van der Waals surface area contributed by atoms with Gasteiger partial charge in [0.05, 0.1) is 0 Å². The Bertz CT molecular complexity index is 596. The topological polar surface area (TPSA) is 12.0 Å². The minimum Gasteiger partial charge on any atom is -0.310 e. The van der Waals surface area contributed by atoms with Gasteiger partial charge in [-0.3, -0.25) is 0 Å². The first-order chi connectivity index (χ1) is 10.0. The molecule has 1 nitrogen and oxygen atoms in total. The van der Waals surface area contributed by atoms with Gasteiger partial charge in [0.25, 0.3) is 0 Å². The zero-order valence-electron chi connectivity index (χ0n) is 12.8. The van der Waals surface area contributed by atoms with E-state index < -0.39 is 0 Å². The van der Waals surface area contributed by atoms with Gasteiger partial charge in [0, 0.05) is 28.3 Å². The monoisotopic (exact) mass is 319 g/mol. The van der Waals surface area contributed by atoms with Crippen molar-refractivity contribution in [2.24, 2.45) is 0 Å². The number of rotatable bonds is 6. The quantitative estimate of drug-likeness (QED) is 0.712. The highest BCUT2D eigenvalue weighted by Gasteiger charge is 2.06. The fourth-order valence-corrected chi connectivity index (χ4v) is 3.36. The van der Waals surface area contributed by atoms with Crippen LogP contribution < -0.4 is 5.32 Å². The maximum Gasteiger partial charge on any atom is 0.0417 e. The van der Waals surface area contributed by atoms with Crippen molar-refractivity contribution in [1.82, 2.24) is 5.32 Å². The molecule has 0 saturated heterocycles. The van der Waals surface area contributed by atoms with Gasteiger partial charge in [0.1, 0.15) is 0 Å². The molecule has 0 unspecified atom stereocenters. The number of nitrogens with one attached hydrogen (secondary N) is 1. The average Bonchev–Trinajstić information content (AvgIpc) is 2.44. The lowest BCUT2D eigenvalue weighted by Crippen LogP contribution is -2.22. The van der Waals surface area contributed by atoms with Crippen LogP contribution in [-0.4, -0.2) is 6.04 Å². The van der Waals surface area contributed by atoms with E-state index in [2.05, 4.69) is 62.5 Å². The fourth-order valence-electron chi connectivity index (χ4n) is 2.09. The smallest absolute Gasteiger partial charge is 0.0417 e. The van der Waals surface area contributed by atoms with E-state index in [4.69, 9.17) is 11.6 Å². The second-order valence-corrected chi connectivity index (χ2v) is 7.02. The minimum absolute atomic E-state index is 0.482. The third kappa shape index (κ3) is 5.39. The molecule has 0 spiro atoms. The van der Waals surface area contributed by atoms with Crippen molar-refractivity contribution in [1.29, 1.82) is 0 Å². The van der Waals surface area contributed by atoms with Gasteiger partial charge in [-0.05, 0) is 30.2 Å². The van der Waals surface area contributed by atoms with Crippen molar-refractivity contribution < 1.29 is 0 Å². The highest BCUT2D eigenvalue weighted by atomic mass is 35.5. The Labute approximate surface area is 137 Å². The summed E-state index contributed by atoms with van der Waals surface area (Å²) in [6.07, 6.45) is 0. The lowest BCUT2D eigenvalue weighted by molar-refractivity contribution is 0.585. The minimum atomic E-state index is 0.482. The van der Waals surface area contributed by atoms with Crippen LogP contribution >= 0.6 is 23.4 Å². The molecule has 0 aromatic heterocycles. The Kier molecular flexibility index (Phi) is 6.16. The largest absolute Gasteiger partial charge is 0.310 e. The van der Waals surface area contributed by atoms with Crippen LogP contribution in [0.4, 0.5) is 0 Å². The Morgan fingerprint density at radius 1 is 1.14 bits per heavy atom. The maximum absolute atomic E-state index is 6.15. The molecule has 2 aromatic rings. The molecule has 3 heteroatoms. The van der Waals surface area contributed by atoms with Crippen LogP contribution in [0.15, 0.2) is 47.4 Å². The lowest BCUT2D eigenvalue weighted by atomic mass is 10.2. The first kappa shape index (κ1) is 16.4. The molecule has 0 bridgehead atoms. The molecule has 0 amide bonds. The SMILES string of the molecule is Cc1cccc(CSc2cc(Cl)ccc2CNC(C)C)c1. The van der Waals surface area contributed by atoms with Gasteiger partial charge in [0.2, 0.25) is 0 Å². The number of halogens is 1. The molecule has 0 heterocycles. The third-order valence-electron chi connectivity index (χ3n) is 3.21. The Morgan fingerprint density at radius 3 is 2.67 bits per heavy atom. The predicted octanol–water partition coefficient (Wildman–Crippen LogP) is 5.44. The van der Waals surface area contributed by atoms with Crippen LogP contribution in [0.3, 0.4) is 0 Å². The van der Waals surface area contributed by atoms with E-state index in [1.807, 2.05) is 17.8 Å². The highest BCUT2D eigenvalue weighted by Crippen LogP contribution is 2.29. The van der Waals surface area contributed by atoms with Crippen LogP contribution in [0.2, 0.25) is 5.02 Å². The normalized spacial score (nSPS) is 11.1. The van der Waals surface area contributed by atoms with Crippen LogP contribution in [0.1, 0.15) is 30.5 Å². The molecule has 0 aliphatic heterocycles. The van der Waals surface area contributed by atoms with Crippen molar-refractivity contribution in [2.45, 2.75) is 44.0 Å². The molecule has 0 atom stereocenters. The Hall–Kier alpha value is -0.960. The van der Waals surface area contributed by atoms with Crippen LogP contribution in [-0.2, 0) is 12.3 Å². The average molecular weight is 320 g/mol. The van der Waals surface area contributed by atoms with E-state index in [0.717, 1.165) is 17.3 Å². The van der Waals surface area contributed by atoms with Gasteiger partial charge >= 0.3 is 0 Å². The van der Waals surface area contributed by atoms with E-state index in [-0.39, 0.29) is 0 Å². The van der Waals surface area contributed by atoms with Gasteiger partial charge in [-0.25, -0.2) is 0 Å². The van der Waals surface area contributed by atoms with Crippen LogP contribution in [0.5, 0.6) is 0 Å². The lowest BCUT2D eigenvalue weighted by Gasteiger charge is -2.13. The summed E-state index contributed by atoms with van der Waals surface area (Å²) in [6.45, 7) is 7.33. The standard InChI is InChI=1S/C18H22ClNS/c1-13(2)20-11-16-7-8-17(19)10-18(16)21-12-15-6-4-5-14(3)9-15/h4-10,13,20H,11-12H2,1-3H3. The van der Waals surface area contributed by atoms with Crippen LogP contribution in [0, 0.1) is 6.92 Å². The number of aryl methyl sites for hydroxylation is 1. The molecule has 0 saturated carbocycles. The predicted molar refractivity (Wildman–Crippen MR) is 94.2 cm³/mol. The summed E-state index contributed by atoms with van der Waals surface area (Å²) in [5.74, 6) is 0.969. The molecule has 112 valence electrons. The molecule has 2 aromatic carbocycles. The third-order valence-corrected chi connectivity index (χ3v) is 4.61. The molecular weight excluding hydrogens is 298 g/mol. The molecule has 2 rings (SSSR count). The van der Waals surface area contributed by atoms with Gasteiger partial charge in [0.15, 0.2) is 0 Å². The summed E-state index contributed by atoms with van der Waals surface area (Å²) < 4.78 is 0. The number of thioether (sulfide) groups is 1. The zero-order chi connectivity index (χ0) is 15.2. The van der Waals surface area contributed by atoms with Gasteiger partial charge in [-0.2, -0.15) is 0 Å². The van der Waals surface area contributed by atoms with E-state index in [1.165, 1.54) is 21.6 Å². The first-order valence-corrected chi connectivity index (χ1v) is 8.61. The van der Waals surface area contributed by atoms with Crippen molar-refractivity contribution in [3.8, 4) is 0 Å². The van der Waals surface area contributed by atoms with Crippen molar-refractivity contribution in [3.63, 3.8) is 0 Å². The van der Waals surface area contributed by atoms with Gasteiger partial charge < -0.3 is 5.32 Å². The summed E-state index contributed by atoms with van der Waals surface area (Å²) in [5, 5.41) is 4.27. The second-order valence-electron chi connectivity index (χ2n) is 5.57. The number of hydrogen-bond acceptors (Lipinski definition) is 2.